The standard InChI is InChI=1S/C9H16F2N2O/c1-13(6-8(10)11)9(14)7-4-2-3-5-12-7/h7-8,12H,2-6H2,1H3. The summed E-state index contributed by atoms with van der Waals surface area (Å²) in [5, 5.41) is 3.04. The number of alkyl halides is 2. The van der Waals surface area contributed by atoms with Gasteiger partial charge in [0.25, 0.3) is 6.43 Å². The Morgan fingerprint density at radius 3 is 2.79 bits per heavy atom. The van der Waals surface area contributed by atoms with E-state index in [0.29, 0.717) is 0 Å². The lowest BCUT2D eigenvalue weighted by Crippen LogP contribution is -2.48. The molecule has 1 saturated heterocycles. The zero-order valence-corrected chi connectivity index (χ0v) is 8.30. The van der Waals surface area contributed by atoms with Gasteiger partial charge in [-0.15, -0.1) is 0 Å². The molecule has 5 heteroatoms. The van der Waals surface area contributed by atoms with Crippen LogP contribution in [0.2, 0.25) is 0 Å². The molecule has 0 bridgehead atoms. The summed E-state index contributed by atoms with van der Waals surface area (Å²) in [4.78, 5) is 12.7. The van der Waals surface area contributed by atoms with Crippen molar-refractivity contribution >= 4 is 5.91 Å². The lowest BCUT2D eigenvalue weighted by Gasteiger charge is -2.27. The summed E-state index contributed by atoms with van der Waals surface area (Å²) in [7, 11) is 1.42. The van der Waals surface area contributed by atoms with E-state index in [0.717, 1.165) is 30.7 Å². The van der Waals surface area contributed by atoms with Crippen LogP contribution in [0.15, 0.2) is 0 Å². The second-order valence-corrected chi connectivity index (χ2v) is 3.61. The van der Waals surface area contributed by atoms with Crippen LogP contribution in [0, 0.1) is 0 Å². The molecule has 1 rings (SSSR count). The molecule has 1 aliphatic heterocycles. The number of hydrogen-bond acceptors (Lipinski definition) is 2. The van der Waals surface area contributed by atoms with E-state index in [9.17, 15) is 13.6 Å². The molecule has 1 unspecified atom stereocenters. The van der Waals surface area contributed by atoms with Crippen LogP contribution in [-0.2, 0) is 4.79 Å². The zero-order valence-electron chi connectivity index (χ0n) is 8.30. The molecule has 0 aromatic rings. The monoisotopic (exact) mass is 206 g/mol. The van der Waals surface area contributed by atoms with E-state index in [1.807, 2.05) is 0 Å². The predicted octanol–water partition coefficient (Wildman–Crippen LogP) is 0.852. The van der Waals surface area contributed by atoms with Gasteiger partial charge < -0.3 is 10.2 Å². The molecule has 1 N–H and O–H groups in total. The molecule has 0 spiro atoms. The maximum Gasteiger partial charge on any atom is 0.255 e. The highest BCUT2D eigenvalue weighted by atomic mass is 19.3. The highest BCUT2D eigenvalue weighted by Crippen LogP contribution is 2.09. The summed E-state index contributed by atoms with van der Waals surface area (Å²) in [5.41, 5.74) is 0. The first kappa shape index (κ1) is 11.4. The van der Waals surface area contributed by atoms with Gasteiger partial charge in [-0.25, -0.2) is 8.78 Å². The zero-order chi connectivity index (χ0) is 10.6. The number of nitrogens with one attached hydrogen (secondary N) is 1. The summed E-state index contributed by atoms with van der Waals surface area (Å²) in [5.74, 6) is -0.218. The SMILES string of the molecule is CN(CC(F)F)C(=O)C1CCCCN1. The number of likely N-dealkylation sites (N-methyl/N-ethyl adjacent to an activating group) is 1. The van der Waals surface area contributed by atoms with Crippen LogP contribution in [0.3, 0.4) is 0 Å². The van der Waals surface area contributed by atoms with Crippen LogP contribution in [0.1, 0.15) is 19.3 Å². The molecule has 3 nitrogen and oxygen atoms in total. The van der Waals surface area contributed by atoms with Gasteiger partial charge in [0.1, 0.15) is 0 Å². The third-order valence-electron chi connectivity index (χ3n) is 2.40. The van der Waals surface area contributed by atoms with E-state index >= 15 is 0 Å². The van der Waals surface area contributed by atoms with E-state index in [1.54, 1.807) is 0 Å². The number of carbonyl (C=O) groups is 1. The van der Waals surface area contributed by atoms with Crippen molar-refractivity contribution in [3.05, 3.63) is 0 Å². The molecule has 1 fully saturated rings. The Hall–Kier alpha value is -0.710. The second-order valence-electron chi connectivity index (χ2n) is 3.61. The van der Waals surface area contributed by atoms with Gasteiger partial charge in [-0.2, -0.15) is 0 Å². The van der Waals surface area contributed by atoms with Crippen molar-refractivity contribution in [2.75, 3.05) is 20.1 Å². The van der Waals surface area contributed by atoms with E-state index < -0.39 is 13.0 Å². The minimum atomic E-state index is -2.45. The highest BCUT2D eigenvalue weighted by molar-refractivity contribution is 5.81. The number of amides is 1. The van der Waals surface area contributed by atoms with Gasteiger partial charge in [0.15, 0.2) is 0 Å². The molecule has 0 aromatic carbocycles. The Balaban J connectivity index is 2.38. The van der Waals surface area contributed by atoms with Gasteiger partial charge in [0.05, 0.1) is 12.6 Å². The van der Waals surface area contributed by atoms with Crippen molar-refractivity contribution in [2.24, 2.45) is 0 Å². The number of hydrogen-bond donors (Lipinski definition) is 1. The Morgan fingerprint density at radius 1 is 1.57 bits per heavy atom. The molecular formula is C9H16F2N2O. The number of piperidine rings is 1. The Kier molecular flexibility index (Phi) is 4.25. The van der Waals surface area contributed by atoms with Crippen LogP contribution in [-0.4, -0.2) is 43.4 Å². The van der Waals surface area contributed by atoms with E-state index in [2.05, 4.69) is 5.32 Å². The third kappa shape index (κ3) is 3.21. The van der Waals surface area contributed by atoms with Gasteiger partial charge in [0, 0.05) is 7.05 Å². The largest absolute Gasteiger partial charge is 0.339 e. The van der Waals surface area contributed by atoms with Gasteiger partial charge >= 0.3 is 0 Å². The molecule has 0 saturated carbocycles. The number of carbonyl (C=O) groups excluding carboxylic acids is 1. The third-order valence-corrected chi connectivity index (χ3v) is 2.40. The van der Waals surface area contributed by atoms with Crippen LogP contribution < -0.4 is 5.32 Å². The topological polar surface area (TPSA) is 32.3 Å². The fraction of sp³-hybridized carbons (Fsp3) is 0.889. The van der Waals surface area contributed by atoms with Crippen molar-refractivity contribution < 1.29 is 13.6 Å². The summed E-state index contributed by atoms with van der Waals surface area (Å²) < 4.78 is 24.0. The lowest BCUT2D eigenvalue weighted by atomic mass is 10.0. The molecule has 0 aromatic heterocycles. The molecule has 1 heterocycles. The molecule has 1 atom stereocenters. The Bertz CT molecular complexity index is 193. The maximum absolute atomic E-state index is 12.0. The number of nitrogens with zero attached hydrogens (tertiary/aromatic N) is 1. The summed E-state index contributed by atoms with van der Waals surface area (Å²) in [6.07, 6.45) is 0.355. The summed E-state index contributed by atoms with van der Waals surface area (Å²) in [6, 6.07) is -0.257. The molecule has 82 valence electrons. The molecule has 0 aliphatic carbocycles. The molecular weight excluding hydrogens is 190 g/mol. The maximum atomic E-state index is 12.0. The van der Waals surface area contributed by atoms with Crippen LogP contribution in [0.5, 0.6) is 0 Å². The first-order valence-corrected chi connectivity index (χ1v) is 4.88. The van der Waals surface area contributed by atoms with Crippen molar-refractivity contribution in [1.82, 2.24) is 10.2 Å². The number of halogens is 2. The fourth-order valence-corrected chi connectivity index (χ4v) is 1.63. The first-order valence-electron chi connectivity index (χ1n) is 4.88. The second kappa shape index (κ2) is 5.24. The Morgan fingerprint density at radius 2 is 2.29 bits per heavy atom. The molecule has 1 amide bonds. The van der Waals surface area contributed by atoms with Crippen LogP contribution in [0.25, 0.3) is 0 Å². The van der Waals surface area contributed by atoms with Gasteiger partial charge in [-0.3, -0.25) is 4.79 Å². The van der Waals surface area contributed by atoms with Crippen molar-refractivity contribution in [2.45, 2.75) is 31.7 Å². The normalized spacial score (nSPS) is 22.4. The van der Waals surface area contributed by atoms with Crippen molar-refractivity contribution in [3.63, 3.8) is 0 Å². The Labute approximate surface area is 82.5 Å². The number of rotatable bonds is 3. The first-order chi connectivity index (χ1) is 6.61. The van der Waals surface area contributed by atoms with Crippen molar-refractivity contribution in [1.29, 1.82) is 0 Å². The predicted molar refractivity (Wildman–Crippen MR) is 49.3 cm³/mol. The van der Waals surface area contributed by atoms with Crippen LogP contribution in [0.4, 0.5) is 8.78 Å². The van der Waals surface area contributed by atoms with Gasteiger partial charge in [-0.05, 0) is 19.4 Å². The van der Waals surface area contributed by atoms with E-state index in [-0.39, 0.29) is 11.9 Å². The van der Waals surface area contributed by atoms with Gasteiger partial charge in [-0.1, -0.05) is 6.42 Å². The quantitative estimate of drug-likeness (QED) is 0.742. The van der Waals surface area contributed by atoms with E-state index in [4.69, 9.17) is 0 Å². The average molecular weight is 206 g/mol. The van der Waals surface area contributed by atoms with Crippen molar-refractivity contribution in [3.8, 4) is 0 Å². The smallest absolute Gasteiger partial charge is 0.255 e. The average Bonchev–Trinajstić information content (AvgIpc) is 2.17. The molecule has 0 radical (unpaired) electrons. The van der Waals surface area contributed by atoms with E-state index in [1.165, 1.54) is 7.05 Å². The summed E-state index contributed by atoms with van der Waals surface area (Å²) in [6.45, 7) is 0.329. The molecule has 1 aliphatic rings. The lowest BCUT2D eigenvalue weighted by molar-refractivity contribution is -0.134. The van der Waals surface area contributed by atoms with Gasteiger partial charge in [0.2, 0.25) is 5.91 Å². The highest BCUT2D eigenvalue weighted by Gasteiger charge is 2.24. The fourth-order valence-electron chi connectivity index (χ4n) is 1.63. The van der Waals surface area contributed by atoms with Crippen LogP contribution >= 0.6 is 0 Å². The molecule has 14 heavy (non-hydrogen) atoms. The minimum Gasteiger partial charge on any atom is -0.339 e. The minimum absolute atomic E-state index is 0.218. The summed E-state index contributed by atoms with van der Waals surface area (Å²) >= 11 is 0.